The van der Waals surface area contributed by atoms with E-state index in [-0.39, 0.29) is 5.91 Å². The Kier molecular flexibility index (Phi) is 7.58. The maximum atomic E-state index is 12.1. The molecule has 128 valence electrons. The molecule has 2 rings (SSSR count). The molecule has 1 aromatic carbocycles. The summed E-state index contributed by atoms with van der Waals surface area (Å²) in [5.74, 6) is 0.938. The van der Waals surface area contributed by atoms with Crippen molar-refractivity contribution >= 4 is 22.4 Å². The standard InChI is InChI=1S/C18H22N2O3S/c1-23-11-12-24(22)14-16-3-2-4-17(13-16)20-18(21)6-5-15-7-9-19-10-8-15/h2-4,7-10,13H,5-6,11-12,14H2,1H3,(H,20,21)/t24-/m0/s1. The maximum absolute atomic E-state index is 12.1. The molecule has 1 heterocycles. The zero-order chi connectivity index (χ0) is 17.2. The molecule has 5 nitrogen and oxygen atoms in total. The predicted octanol–water partition coefficient (Wildman–Crippen LogP) is 2.55. The molecule has 1 N–H and O–H groups in total. The molecule has 0 unspecified atom stereocenters. The SMILES string of the molecule is COCC[S@](=O)Cc1cccc(NC(=O)CCc2ccncc2)c1. The largest absolute Gasteiger partial charge is 0.384 e. The topological polar surface area (TPSA) is 68.3 Å². The molecule has 0 saturated carbocycles. The fourth-order valence-corrected chi connectivity index (χ4v) is 3.25. The first-order chi connectivity index (χ1) is 11.7. The molecule has 1 atom stereocenters. The highest BCUT2D eigenvalue weighted by molar-refractivity contribution is 7.84. The number of aromatic nitrogens is 1. The van der Waals surface area contributed by atoms with E-state index in [1.54, 1.807) is 19.5 Å². The summed E-state index contributed by atoms with van der Waals surface area (Å²) < 4.78 is 16.8. The lowest BCUT2D eigenvalue weighted by Gasteiger charge is -2.08. The molecule has 0 saturated heterocycles. The summed E-state index contributed by atoms with van der Waals surface area (Å²) >= 11 is 0. The van der Waals surface area contributed by atoms with Gasteiger partial charge in [-0.3, -0.25) is 14.0 Å². The highest BCUT2D eigenvalue weighted by atomic mass is 32.2. The number of rotatable bonds is 9. The average molecular weight is 346 g/mol. The quantitative estimate of drug-likeness (QED) is 0.758. The van der Waals surface area contributed by atoms with Crippen molar-refractivity contribution in [2.45, 2.75) is 18.6 Å². The van der Waals surface area contributed by atoms with Gasteiger partial charge >= 0.3 is 0 Å². The summed E-state index contributed by atoms with van der Waals surface area (Å²) in [5.41, 5.74) is 2.76. The van der Waals surface area contributed by atoms with E-state index in [2.05, 4.69) is 10.3 Å². The zero-order valence-corrected chi connectivity index (χ0v) is 14.6. The second-order valence-corrected chi connectivity index (χ2v) is 6.96. The Labute approximate surface area is 144 Å². The number of nitrogens with one attached hydrogen (secondary N) is 1. The zero-order valence-electron chi connectivity index (χ0n) is 13.7. The van der Waals surface area contributed by atoms with E-state index in [0.717, 1.165) is 16.8 Å². The van der Waals surface area contributed by atoms with Crippen LogP contribution in [0.25, 0.3) is 0 Å². The third-order valence-corrected chi connectivity index (χ3v) is 4.72. The molecule has 0 fully saturated rings. The Morgan fingerprint density at radius 1 is 1.21 bits per heavy atom. The van der Waals surface area contributed by atoms with Gasteiger partial charge in [-0.25, -0.2) is 0 Å². The number of carbonyl (C=O) groups is 1. The first-order valence-corrected chi connectivity index (χ1v) is 9.28. The Balaban J connectivity index is 1.84. The van der Waals surface area contributed by atoms with Crippen LogP contribution in [0.4, 0.5) is 5.69 Å². The van der Waals surface area contributed by atoms with Gasteiger partial charge in [-0.1, -0.05) is 12.1 Å². The van der Waals surface area contributed by atoms with Gasteiger partial charge in [0.1, 0.15) is 0 Å². The molecule has 0 bridgehead atoms. The first kappa shape index (κ1) is 18.3. The van der Waals surface area contributed by atoms with Crippen molar-refractivity contribution in [1.82, 2.24) is 4.98 Å². The molecular formula is C18H22N2O3S. The Morgan fingerprint density at radius 2 is 2.00 bits per heavy atom. The number of hydrogen-bond donors (Lipinski definition) is 1. The van der Waals surface area contributed by atoms with Crippen LogP contribution in [0.3, 0.4) is 0 Å². The van der Waals surface area contributed by atoms with Crippen LogP contribution in [0, 0.1) is 0 Å². The van der Waals surface area contributed by atoms with E-state index in [0.29, 0.717) is 31.0 Å². The molecule has 6 heteroatoms. The lowest BCUT2D eigenvalue weighted by atomic mass is 10.1. The van der Waals surface area contributed by atoms with Crippen molar-refractivity contribution in [2.24, 2.45) is 0 Å². The summed E-state index contributed by atoms with van der Waals surface area (Å²) in [6.07, 6.45) is 4.53. The van der Waals surface area contributed by atoms with Crippen LogP contribution in [0.2, 0.25) is 0 Å². The molecular weight excluding hydrogens is 324 g/mol. The maximum Gasteiger partial charge on any atom is 0.224 e. The molecule has 24 heavy (non-hydrogen) atoms. The second kappa shape index (κ2) is 9.95. The van der Waals surface area contributed by atoms with Crippen molar-refractivity contribution < 1.29 is 13.7 Å². The molecule has 1 amide bonds. The Morgan fingerprint density at radius 3 is 2.75 bits per heavy atom. The third kappa shape index (κ3) is 6.60. The molecule has 0 radical (unpaired) electrons. The Bertz CT molecular complexity index is 677. The highest BCUT2D eigenvalue weighted by Gasteiger charge is 2.06. The van der Waals surface area contributed by atoms with Crippen molar-refractivity contribution in [3.63, 3.8) is 0 Å². The number of aryl methyl sites for hydroxylation is 1. The highest BCUT2D eigenvalue weighted by Crippen LogP contribution is 2.13. The number of amides is 1. The van der Waals surface area contributed by atoms with E-state index in [1.807, 2.05) is 36.4 Å². The first-order valence-electron chi connectivity index (χ1n) is 7.79. The van der Waals surface area contributed by atoms with Crippen molar-refractivity contribution in [3.05, 3.63) is 59.9 Å². The van der Waals surface area contributed by atoms with Gasteiger partial charge in [0.05, 0.1) is 6.61 Å². The van der Waals surface area contributed by atoms with Gasteiger partial charge in [-0.2, -0.15) is 0 Å². The average Bonchev–Trinajstić information content (AvgIpc) is 2.59. The second-order valence-electron chi connectivity index (χ2n) is 5.39. The summed E-state index contributed by atoms with van der Waals surface area (Å²) in [5, 5.41) is 2.89. The van der Waals surface area contributed by atoms with Crippen LogP contribution in [-0.4, -0.2) is 34.6 Å². The van der Waals surface area contributed by atoms with Gasteiger partial charge in [0.2, 0.25) is 5.91 Å². The normalized spacial score (nSPS) is 11.9. The third-order valence-electron chi connectivity index (χ3n) is 3.44. The van der Waals surface area contributed by atoms with Gasteiger partial charge in [0.15, 0.2) is 0 Å². The minimum Gasteiger partial charge on any atom is -0.384 e. The van der Waals surface area contributed by atoms with Crippen LogP contribution >= 0.6 is 0 Å². The number of pyridine rings is 1. The number of ether oxygens (including phenoxy) is 1. The fourth-order valence-electron chi connectivity index (χ4n) is 2.20. The van der Waals surface area contributed by atoms with E-state index < -0.39 is 10.8 Å². The fraction of sp³-hybridized carbons (Fsp3) is 0.333. The lowest BCUT2D eigenvalue weighted by Crippen LogP contribution is -2.12. The van der Waals surface area contributed by atoms with Crippen LogP contribution in [0.1, 0.15) is 17.5 Å². The number of hydrogen-bond acceptors (Lipinski definition) is 4. The summed E-state index contributed by atoms with van der Waals surface area (Å²) in [6.45, 7) is 0.484. The van der Waals surface area contributed by atoms with Crippen molar-refractivity contribution in [2.75, 3.05) is 24.8 Å². The van der Waals surface area contributed by atoms with Gasteiger partial charge in [0.25, 0.3) is 0 Å². The summed E-state index contributed by atoms with van der Waals surface area (Å²) in [4.78, 5) is 16.0. The van der Waals surface area contributed by atoms with Crippen LogP contribution in [0.15, 0.2) is 48.8 Å². The molecule has 2 aromatic rings. The van der Waals surface area contributed by atoms with Crippen LogP contribution < -0.4 is 5.32 Å². The predicted molar refractivity (Wildman–Crippen MR) is 96.2 cm³/mol. The van der Waals surface area contributed by atoms with Gasteiger partial charge in [0, 0.05) is 53.9 Å². The number of carbonyl (C=O) groups excluding carboxylic acids is 1. The molecule has 0 spiro atoms. The molecule has 0 aliphatic heterocycles. The summed E-state index contributed by atoms with van der Waals surface area (Å²) in [7, 11) is 0.633. The van der Waals surface area contributed by atoms with Crippen LogP contribution in [0.5, 0.6) is 0 Å². The van der Waals surface area contributed by atoms with Gasteiger partial charge < -0.3 is 10.1 Å². The van der Waals surface area contributed by atoms with E-state index in [4.69, 9.17) is 4.74 Å². The molecule has 1 aromatic heterocycles. The van der Waals surface area contributed by atoms with Gasteiger partial charge in [-0.15, -0.1) is 0 Å². The minimum absolute atomic E-state index is 0.0375. The van der Waals surface area contributed by atoms with E-state index >= 15 is 0 Å². The number of nitrogens with zero attached hydrogens (tertiary/aromatic N) is 1. The van der Waals surface area contributed by atoms with Crippen LogP contribution in [-0.2, 0) is 32.5 Å². The van der Waals surface area contributed by atoms with Gasteiger partial charge in [-0.05, 0) is 41.8 Å². The number of benzene rings is 1. The monoisotopic (exact) mass is 346 g/mol. The van der Waals surface area contributed by atoms with E-state index in [9.17, 15) is 9.00 Å². The van der Waals surface area contributed by atoms with E-state index in [1.165, 1.54) is 0 Å². The molecule has 0 aliphatic carbocycles. The van der Waals surface area contributed by atoms with Crippen molar-refractivity contribution in [3.8, 4) is 0 Å². The summed E-state index contributed by atoms with van der Waals surface area (Å²) in [6, 6.07) is 11.3. The minimum atomic E-state index is -0.964. The number of methoxy groups -OCH3 is 1. The lowest BCUT2D eigenvalue weighted by molar-refractivity contribution is -0.116. The smallest absolute Gasteiger partial charge is 0.224 e. The van der Waals surface area contributed by atoms with Crippen molar-refractivity contribution in [1.29, 1.82) is 0 Å². The number of anilines is 1. The Hall–Kier alpha value is -2.05. The molecule has 0 aliphatic rings.